The molecule has 0 bridgehead atoms. The van der Waals surface area contributed by atoms with Crippen LogP contribution in [0.4, 0.5) is 23.0 Å². The number of nitro benzene ring substituents is 1. The lowest BCUT2D eigenvalue weighted by atomic mass is 10.00. The van der Waals surface area contributed by atoms with Gasteiger partial charge in [-0.15, -0.1) is 0 Å². The van der Waals surface area contributed by atoms with Crippen LogP contribution >= 0.6 is 0 Å². The van der Waals surface area contributed by atoms with Crippen LogP contribution in [0.15, 0.2) is 55.0 Å². The van der Waals surface area contributed by atoms with E-state index in [9.17, 15) is 10.1 Å². The number of aromatic nitrogens is 5. The summed E-state index contributed by atoms with van der Waals surface area (Å²) in [5.41, 5.74) is 6.87. The number of anilines is 3. The van der Waals surface area contributed by atoms with Crippen molar-refractivity contribution in [3.63, 3.8) is 0 Å². The van der Waals surface area contributed by atoms with E-state index in [1.54, 1.807) is 30.3 Å². The number of nitrogens with one attached hydrogen (secondary N) is 1. The van der Waals surface area contributed by atoms with Gasteiger partial charge in [-0.2, -0.15) is 5.10 Å². The van der Waals surface area contributed by atoms with Crippen molar-refractivity contribution >= 4 is 33.9 Å². The third-order valence-electron chi connectivity index (χ3n) is 8.00. The Bertz CT molecular complexity index is 1830. The van der Waals surface area contributed by atoms with E-state index in [0.29, 0.717) is 29.6 Å². The van der Waals surface area contributed by atoms with Crippen LogP contribution in [0.5, 0.6) is 5.75 Å². The van der Waals surface area contributed by atoms with Gasteiger partial charge in [0.1, 0.15) is 11.4 Å². The summed E-state index contributed by atoms with van der Waals surface area (Å²) in [6.07, 6.45) is 7.83. The fourth-order valence-corrected chi connectivity index (χ4v) is 5.78. The summed E-state index contributed by atoms with van der Waals surface area (Å²) >= 11 is 0. The van der Waals surface area contributed by atoms with Gasteiger partial charge in [0.15, 0.2) is 0 Å². The number of benzene rings is 2. The molecule has 0 aliphatic carbocycles. The van der Waals surface area contributed by atoms with Crippen molar-refractivity contribution in [2.45, 2.75) is 19.4 Å². The van der Waals surface area contributed by atoms with Gasteiger partial charge >= 0.3 is 0 Å². The van der Waals surface area contributed by atoms with Crippen molar-refractivity contribution in [3.8, 4) is 28.3 Å². The van der Waals surface area contributed by atoms with Crippen molar-refractivity contribution in [1.29, 1.82) is 0 Å². The number of nitro groups is 1. The number of hydrogen-bond acceptors (Lipinski definition) is 9. The largest absolute Gasteiger partial charge is 0.494 e. The van der Waals surface area contributed by atoms with Crippen molar-refractivity contribution in [3.05, 3.63) is 70.7 Å². The quantitative estimate of drug-likeness (QED) is 0.177. The smallest absolute Gasteiger partial charge is 0.294 e. The molecular weight excluding hydrogens is 546 g/mol. The highest BCUT2D eigenvalue weighted by molar-refractivity contribution is 6.00. The van der Waals surface area contributed by atoms with Gasteiger partial charge in [-0.3, -0.25) is 14.8 Å². The molecule has 6 rings (SSSR count). The van der Waals surface area contributed by atoms with Crippen LogP contribution in [0.25, 0.3) is 33.4 Å². The summed E-state index contributed by atoms with van der Waals surface area (Å²) < 4.78 is 9.80. The van der Waals surface area contributed by atoms with Crippen molar-refractivity contribution in [2.75, 3.05) is 51.6 Å². The average Bonchev–Trinajstić information content (AvgIpc) is 3.60. The Balaban J connectivity index is 1.46. The zero-order valence-electron chi connectivity index (χ0n) is 25.0. The molecule has 1 aliphatic rings. The number of aryl methyl sites for hydroxylation is 3. The minimum Gasteiger partial charge on any atom is -0.494 e. The van der Waals surface area contributed by atoms with Gasteiger partial charge in [0.25, 0.3) is 5.69 Å². The van der Waals surface area contributed by atoms with E-state index in [2.05, 4.69) is 44.4 Å². The standard InChI is InChI=1S/C31H35N9O3/c1-36(2)14-15-37(3)26-17-28(43-5)24(16-27(26)40(41)42)34-31-32-18-22(25-11-12-33-38(25)4)29(35-31)23-19-39-13-7-9-20-8-6-10-21(23)30(20)39/h6,8,10-12,16-19H,7,9,13-15H2,1-5H3,(H,32,34,35). The topological polar surface area (TPSA) is 119 Å². The van der Waals surface area contributed by atoms with E-state index >= 15 is 0 Å². The molecule has 222 valence electrons. The average molecular weight is 582 g/mol. The van der Waals surface area contributed by atoms with Gasteiger partial charge in [-0.1, -0.05) is 18.2 Å². The highest BCUT2D eigenvalue weighted by atomic mass is 16.6. The number of para-hydroxylation sites is 1. The van der Waals surface area contributed by atoms with Crippen LogP contribution in [-0.2, 0) is 20.0 Å². The SMILES string of the molecule is COc1cc(N(C)CCN(C)C)c([N+](=O)[O-])cc1Nc1ncc(-c2ccnn2C)c(-c2cn3c4c(cccc24)CCC3)n1. The maximum Gasteiger partial charge on any atom is 0.294 e. The third kappa shape index (κ3) is 5.25. The number of ether oxygens (including phenoxy) is 1. The van der Waals surface area contributed by atoms with Crippen LogP contribution < -0.4 is 15.0 Å². The van der Waals surface area contributed by atoms with Crippen LogP contribution in [0.2, 0.25) is 0 Å². The Morgan fingerprint density at radius 1 is 1.14 bits per heavy atom. The van der Waals surface area contributed by atoms with Crippen LogP contribution in [0.1, 0.15) is 12.0 Å². The van der Waals surface area contributed by atoms with E-state index in [0.717, 1.165) is 53.8 Å². The number of hydrogen-bond donors (Lipinski definition) is 1. The summed E-state index contributed by atoms with van der Waals surface area (Å²) in [6, 6.07) is 11.5. The summed E-state index contributed by atoms with van der Waals surface area (Å²) in [5.74, 6) is 0.749. The summed E-state index contributed by atoms with van der Waals surface area (Å²) in [4.78, 5) is 25.3. The second-order valence-corrected chi connectivity index (χ2v) is 11.1. The molecular formula is C31H35N9O3. The molecule has 0 unspecified atom stereocenters. The Morgan fingerprint density at radius 2 is 1.98 bits per heavy atom. The minimum atomic E-state index is -0.377. The highest BCUT2D eigenvalue weighted by Gasteiger charge is 2.25. The molecule has 5 aromatic rings. The molecule has 1 N–H and O–H groups in total. The molecule has 0 spiro atoms. The number of nitrogens with zero attached hydrogens (tertiary/aromatic N) is 8. The normalized spacial score (nSPS) is 12.6. The Labute approximate surface area is 249 Å². The van der Waals surface area contributed by atoms with Crippen molar-refractivity contribution in [1.82, 2.24) is 29.2 Å². The summed E-state index contributed by atoms with van der Waals surface area (Å²) in [6.45, 7) is 2.30. The maximum absolute atomic E-state index is 12.2. The van der Waals surface area contributed by atoms with Gasteiger partial charge < -0.3 is 24.4 Å². The lowest BCUT2D eigenvalue weighted by molar-refractivity contribution is -0.384. The Hall–Kier alpha value is -4.97. The number of likely N-dealkylation sites (N-methyl/N-ethyl adjacent to an activating group) is 2. The lowest BCUT2D eigenvalue weighted by Crippen LogP contribution is -2.28. The summed E-state index contributed by atoms with van der Waals surface area (Å²) in [5, 5.41) is 20.9. The summed E-state index contributed by atoms with van der Waals surface area (Å²) in [7, 11) is 9.20. The van der Waals surface area contributed by atoms with Crippen molar-refractivity contribution < 1.29 is 9.66 Å². The fraction of sp³-hybridized carbons (Fsp3) is 0.323. The first-order valence-electron chi connectivity index (χ1n) is 14.2. The molecule has 0 radical (unpaired) electrons. The second-order valence-electron chi connectivity index (χ2n) is 11.1. The molecule has 3 aromatic heterocycles. The minimum absolute atomic E-state index is 0.0368. The number of methoxy groups -OCH3 is 1. The maximum atomic E-state index is 12.2. The molecule has 0 atom stereocenters. The van der Waals surface area contributed by atoms with Crippen molar-refractivity contribution in [2.24, 2.45) is 7.05 Å². The van der Waals surface area contributed by atoms with Crippen LogP contribution in [-0.4, -0.2) is 75.5 Å². The molecule has 0 saturated carbocycles. The molecule has 43 heavy (non-hydrogen) atoms. The van der Waals surface area contributed by atoms with Crippen LogP contribution in [0, 0.1) is 10.1 Å². The first-order chi connectivity index (χ1) is 20.7. The van der Waals surface area contributed by atoms with E-state index in [-0.39, 0.29) is 10.6 Å². The predicted molar refractivity (Wildman–Crippen MR) is 168 cm³/mol. The number of rotatable bonds is 10. The van der Waals surface area contributed by atoms with Gasteiger partial charge in [0.05, 0.1) is 34.6 Å². The zero-order chi connectivity index (χ0) is 30.2. The first kappa shape index (κ1) is 28.2. The van der Waals surface area contributed by atoms with E-state index < -0.39 is 0 Å². The van der Waals surface area contributed by atoms with E-state index in [4.69, 9.17) is 9.72 Å². The Kier molecular flexibility index (Phi) is 7.45. The zero-order valence-corrected chi connectivity index (χ0v) is 25.0. The van der Waals surface area contributed by atoms with Gasteiger partial charge in [0.2, 0.25) is 5.95 Å². The molecule has 12 heteroatoms. The van der Waals surface area contributed by atoms with Gasteiger partial charge in [-0.05, 0) is 38.6 Å². The second kappa shape index (κ2) is 11.4. The van der Waals surface area contributed by atoms with E-state index in [1.165, 1.54) is 17.1 Å². The lowest BCUT2D eigenvalue weighted by Gasteiger charge is -2.22. The molecule has 0 amide bonds. The van der Waals surface area contributed by atoms with E-state index in [1.807, 2.05) is 44.1 Å². The molecule has 0 saturated heterocycles. The monoisotopic (exact) mass is 581 g/mol. The Morgan fingerprint density at radius 3 is 2.70 bits per heavy atom. The third-order valence-corrected chi connectivity index (χ3v) is 8.00. The predicted octanol–water partition coefficient (Wildman–Crippen LogP) is 5.10. The molecule has 1 aliphatic heterocycles. The molecule has 2 aromatic carbocycles. The highest BCUT2D eigenvalue weighted by Crippen LogP contribution is 2.41. The van der Waals surface area contributed by atoms with Crippen LogP contribution in [0.3, 0.4) is 0 Å². The molecule has 0 fully saturated rings. The fourth-order valence-electron chi connectivity index (χ4n) is 5.78. The molecule has 12 nitrogen and oxygen atoms in total. The van der Waals surface area contributed by atoms with Gasteiger partial charge in [0, 0.05) is 81.0 Å². The molecule has 4 heterocycles. The first-order valence-corrected chi connectivity index (χ1v) is 14.2. The van der Waals surface area contributed by atoms with Gasteiger partial charge in [-0.25, -0.2) is 9.97 Å².